The number of hydrogen-bond donors (Lipinski definition) is 2. The lowest BCUT2D eigenvalue weighted by Crippen LogP contribution is -2.00. The maximum atomic E-state index is 11.3. The Morgan fingerprint density at radius 2 is 1.21 bits per heavy atom. The molecular weight excluding hydrogens is 444 g/mol. The molecule has 0 radical (unpaired) electrons. The molecule has 0 fully saturated rings. The summed E-state index contributed by atoms with van der Waals surface area (Å²) in [4.78, 5) is -0.0331. The minimum atomic E-state index is -4.16. The van der Waals surface area contributed by atoms with Crippen LogP contribution in [0, 0.1) is 13.8 Å². The van der Waals surface area contributed by atoms with Crippen LogP contribution in [0.5, 0.6) is 0 Å². The van der Waals surface area contributed by atoms with Gasteiger partial charge in [0.05, 0.1) is 4.90 Å². The molecule has 2 aromatic carbocycles. The van der Waals surface area contributed by atoms with Gasteiger partial charge in [-0.2, -0.15) is 8.42 Å². The predicted molar refractivity (Wildman–Crippen MR) is 158 cm³/mol. The first-order valence-electron chi connectivity index (χ1n) is 12.8. The van der Waals surface area contributed by atoms with E-state index in [9.17, 15) is 13.0 Å². The van der Waals surface area contributed by atoms with Gasteiger partial charge in [0.15, 0.2) is 0 Å². The average molecular weight is 503 g/mol. The van der Waals surface area contributed by atoms with Gasteiger partial charge >= 0.3 is 0 Å². The number of rotatable bonds is 3. The van der Waals surface area contributed by atoms with Crippen molar-refractivity contribution in [2.24, 2.45) is 0 Å². The molecular formula is C29H58O4S. The Hall–Kier alpha value is -1.69. The molecule has 0 saturated carbocycles. The fourth-order valence-electron chi connectivity index (χ4n) is 2.47. The van der Waals surface area contributed by atoms with E-state index in [0.29, 0.717) is 0 Å². The molecule has 0 aliphatic carbocycles. The third kappa shape index (κ3) is 19.7. The number of aliphatic hydroxyl groups excluding tert-OH is 1. The molecule has 204 valence electrons. The Labute approximate surface area is 214 Å². The Morgan fingerprint density at radius 3 is 1.53 bits per heavy atom. The van der Waals surface area contributed by atoms with Gasteiger partial charge in [-0.05, 0) is 66.8 Å². The monoisotopic (exact) mass is 502 g/mol. The molecule has 0 aliphatic heterocycles. The van der Waals surface area contributed by atoms with Crippen LogP contribution >= 0.6 is 0 Å². The molecule has 2 N–H and O–H groups in total. The van der Waals surface area contributed by atoms with E-state index in [-0.39, 0.29) is 4.90 Å². The Balaban J connectivity index is -0.000000111. The summed E-state index contributed by atoms with van der Waals surface area (Å²) in [6, 6.07) is 7.19. The van der Waals surface area contributed by atoms with Crippen LogP contribution in [0.4, 0.5) is 0 Å². The molecule has 0 unspecified atom stereocenters. The second-order valence-corrected chi connectivity index (χ2v) is 6.74. The van der Waals surface area contributed by atoms with E-state index in [1.807, 2.05) is 96.1 Å². The standard InChI is InChI=1S/C15H18O3S.C3H6.5C2H6.CH4O/c1-4-5-12-6-7-14-10(2)8-13(19(16,17)18)9-15(14)11(12)3;1-3-2;6*1-2/h6-9H,4-5H2,1-3H3,(H,16,17,18);3H,1H2,2H3;5*1-2H3;2H,1H3. The van der Waals surface area contributed by atoms with Crippen molar-refractivity contribution in [3.8, 4) is 0 Å². The predicted octanol–water partition coefficient (Wildman–Crippen LogP) is 9.59. The van der Waals surface area contributed by atoms with E-state index in [1.165, 1.54) is 11.6 Å². The molecule has 2 aromatic rings. The summed E-state index contributed by atoms with van der Waals surface area (Å²) in [5.74, 6) is 0. The summed E-state index contributed by atoms with van der Waals surface area (Å²) in [6.45, 7) is 31.2. The number of benzene rings is 2. The number of allylic oxidation sites excluding steroid dienone is 1. The van der Waals surface area contributed by atoms with E-state index in [2.05, 4.69) is 19.6 Å². The number of hydrogen-bond acceptors (Lipinski definition) is 3. The summed E-state index contributed by atoms with van der Waals surface area (Å²) in [6.07, 6.45) is 3.76. The fourth-order valence-corrected chi connectivity index (χ4v) is 3.06. The Bertz CT molecular complexity index is 780. The topological polar surface area (TPSA) is 74.6 Å². The largest absolute Gasteiger partial charge is 0.400 e. The normalized spacial score (nSPS) is 8.15. The minimum Gasteiger partial charge on any atom is -0.400 e. The lowest BCUT2D eigenvalue weighted by molar-refractivity contribution is 0.399. The molecule has 0 amide bonds. The SMILES string of the molecule is C=CC.CC.CC.CC.CC.CC.CCCc1ccc2c(C)cc(S(=O)(=O)O)cc2c1C.CO. The number of aliphatic hydroxyl groups is 1. The lowest BCUT2D eigenvalue weighted by atomic mass is 9.95. The van der Waals surface area contributed by atoms with Gasteiger partial charge in [-0.25, -0.2) is 0 Å². The molecule has 0 bridgehead atoms. The second kappa shape index (κ2) is 33.5. The van der Waals surface area contributed by atoms with Crippen LogP contribution in [0.3, 0.4) is 0 Å². The molecule has 0 heterocycles. The van der Waals surface area contributed by atoms with Crippen LogP contribution in [0.25, 0.3) is 10.8 Å². The van der Waals surface area contributed by atoms with Gasteiger partial charge < -0.3 is 5.11 Å². The summed E-state index contributed by atoms with van der Waals surface area (Å²) in [7, 11) is -3.16. The van der Waals surface area contributed by atoms with Crippen LogP contribution in [-0.2, 0) is 16.5 Å². The third-order valence-corrected chi connectivity index (χ3v) is 4.35. The molecule has 2 rings (SSSR count). The molecule has 34 heavy (non-hydrogen) atoms. The second-order valence-electron chi connectivity index (χ2n) is 5.32. The highest BCUT2D eigenvalue weighted by Gasteiger charge is 2.13. The zero-order valence-corrected chi connectivity index (χ0v) is 25.9. The summed E-state index contributed by atoms with van der Waals surface area (Å²) < 4.78 is 31.8. The molecule has 0 spiro atoms. The zero-order valence-electron chi connectivity index (χ0n) is 25.1. The highest BCUT2D eigenvalue weighted by molar-refractivity contribution is 7.85. The molecule has 5 heteroatoms. The van der Waals surface area contributed by atoms with Crippen LogP contribution in [0.15, 0.2) is 41.8 Å². The highest BCUT2D eigenvalue weighted by atomic mass is 32.2. The Kier molecular flexibility index (Phi) is 45.1. The van der Waals surface area contributed by atoms with Crippen LogP contribution in [0.1, 0.15) is 106 Å². The summed E-state index contributed by atoms with van der Waals surface area (Å²) in [5.41, 5.74) is 3.17. The van der Waals surface area contributed by atoms with Crippen molar-refractivity contribution in [1.29, 1.82) is 0 Å². The maximum Gasteiger partial charge on any atom is 0.294 e. The molecule has 0 aliphatic rings. The first-order valence-corrected chi connectivity index (χ1v) is 14.2. The van der Waals surface area contributed by atoms with Crippen LogP contribution in [-0.4, -0.2) is 25.2 Å². The maximum absolute atomic E-state index is 11.3. The average Bonchev–Trinajstić information content (AvgIpc) is 2.88. The summed E-state index contributed by atoms with van der Waals surface area (Å²) >= 11 is 0. The van der Waals surface area contributed by atoms with Crippen molar-refractivity contribution < 1.29 is 18.1 Å². The first-order chi connectivity index (χ1) is 16.3. The van der Waals surface area contributed by atoms with Crippen molar-refractivity contribution in [2.45, 2.75) is 115 Å². The van der Waals surface area contributed by atoms with Crippen LogP contribution in [0.2, 0.25) is 0 Å². The van der Waals surface area contributed by atoms with E-state index in [1.54, 1.807) is 12.1 Å². The number of aryl methyl sites for hydroxylation is 3. The molecule has 0 saturated heterocycles. The van der Waals surface area contributed by atoms with Gasteiger partial charge in [0.25, 0.3) is 10.1 Å². The van der Waals surface area contributed by atoms with Crippen molar-refractivity contribution in [3.63, 3.8) is 0 Å². The molecule has 0 aromatic heterocycles. The van der Waals surface area contributed by atoms with Gasteiger partial charge in [0.2, 0.25) is 0 Å². The van der Waals surface area contributed by atoms with E-state index in [0.717, 1.165) is 41.9 Å². The van der Waals surface area contributed by atoms with Crippen molar-refractivity contribution in [2.75, 3.05) is 7.11 Å². The van der Waals surface area contributed by atoms with Gasteiger partial charge in [-0.1, -0.05) is 101 Å². The van der Waals surface area contributed by atoms with Crippen molar-refractivity contribution in [3.05, 3.63) is 53.6 Å². The van der Waals surface area contributed by atoms with Crippen LogP contribution < -0.4 is 0 Å². The zero-order chi connectivity index (χ0) is 28.9. The minimum absolute atomic E-state index is 0.0331. The van der Waals surface area contributed by atoms with E-state index >= 15 is 0 Å². The van der Waals surface area contributed by atoms with Gasteiger partial charge in [0, 0.05) is 7.11 Å². The van der Waals surface area contributed by atoms with Gasteiger partial charge in [-0.15, -0.1) is 6.58 Å². The fraction of sp³-hybridized carbons (Fsp3) is 0.586. The summed E-state index contributed by atoms with van der Waals surface area (Å²) in [5, 5.41) is 8.93. The third-order valence-electron chi connectivity index (χ3n) is 3.51. The van der Waals surface area contributed by atoms with Crippen molar-refractivity contribution >= 4 is 20.9 Å². The molecule has 4 nitrogen and oxygen atoms in total. The quantitative estimate of drug-likeness (QED) is 0.323. The first kappa shape index (κ1) is 45.8. The smallest absolute Gasteiger partial charge is 0.294 e. The highest BCUT2D eigenvalue weighted by Crippen LogP contribution is 2.28. The number of fused-ring (bicyclic) bond motifs is 1. The molecule has 0 atom stereocenters. The Morgan fingerprint density at radius 1 is 0.824 bits per heavy atom. The van der Waals surface area contributed by atoms with Gasteiger partial charge in [-0.3, -0.25) is 4.55 Å². The van der Waals surface area contributed by atoms with Crippen molar-refractivity contribution in [1.82, 2.24) is 0 Å². The van der Waals surface area contributed by atoms with Gasteiger partial charge in [0.1, 0.15) is 0 Å². The van der Waals surface area contributed by atoms with E-state index < -0.39 is 10.1 Å². The lowest BCUT2D eigenvalue weighted by Gasteiger charge is -2.12. The van der Waals surface area contributed by atoms with E-state index in [4.69, 9.17) is 5.11 Å².